The van der Waals surface area contributed by atoms with Crippen LogP contribution in [-0.2, 0) is 0 Å². The summed E-state index contributed by atoms with van der Waals surface area (Å²) in [5.41, 5.74) is 0. The van der Waals surface area contributed by atoms with Crippen LogP contribution < -0.4 is 0 Å². The van der Waals surface area contributed by atoms with E-state index in [0.29, 0.717) is 0 Å². The fourth-order valence-corrected chi connectivity index (χ4v) is 0. The molecular weight excluding hydrogens is 202 g/mol. The van der Waals surface area contributed by atoms with Crippen LogP contribution in [0.1, 0.15) is 0 Å². The summed E-state index contributed by atoms with van der Waals surface area (Å²) in [5, 5.41) is -5.09. The van der Waals surface area contributed by atoms with E-state index in [2.05, 4.69) is 23.2 Å². The first-order valence-electron chi connectivity index (χ1n) is 1.76. The third kappa shape index (κ3) is 5.05. The fourth-order valence-electron chi connectivity index (χ4n) is 0. The Hall–Kier alpha value is 0.230. The van der Waals surface area contributed by atoms with E-state index in [1.54, 1.807) is 0 Å². The maximum absolute atomic E-state index is 10.9. The lowest BCUT2D eigenvalue weighted by Gasteiger charge is -2.10. The molecule has 0 N–H and O–H groups in total. The van der Waals surface area contributed by atoms with E-state index in [0.717, 1.165) is 0 Å². The highest BCUT2D eigenvalue weighted by molar-refractivity contribution is 6.22. The number of halogens is 7. The average Bonchev–Trinajstić information content (AvgIpc) is 1.66. The van der Waals surface area contributed by atoms with Gasteiger partial charge in [0, 0.05) is 6.38 Å². The molecule has 0 aromatic rings. The van der Waals surface area contributed by atoms with Gasteiger partial charge in [-0.1, -0.05) is 0 Å². The molecule has 0 bridgehead atoms. The highest BCUT2D eigenvalue weighted by Gasteiger charge is 2.56. The molecule has 0 aromatic heterocycles. The lowest BCUT2D eigenvalue weighted by molar-refractivity contribution is -0.241. The quantitative estimate of drug-likeness (QED) is 0.420. The van der Waals surface area contributed by atoms with Crippen molar-refractivity contribution in [3.8, 4) is 0 Å². The van der Waals surface area contributed by atoms with Crippen LogP contribution in [0, 0.1) is 0 Å². The summed E-state index contributed by atoms with van der Waals surface area (Å²) in [6, 6.07) is 0. The molecule has 0 amide bonds. The van der Waals surface area contributed by atoms with Gasteiger partial charge in [-0.25, -0.2) is 0 Å². The molecule has 0 fully saturated rings. The number of hydrogen-bond acceptors (Lipinski definition) is 0. The average molecular weight is 205 g/mol. The first-order chi connectivity index (χ1) is 4.25. The molecule has 0 nitrogen and oxygen atoms in total. The Kier molecular flexibility index (Phi) is 5.38. The van der Waals surface area contributed by atoms with Gasteiger partial charge < -0.3 is 0 Å². The second-order valence-corrected chi connectivity index (χ2v) is 1.47. The van der Waals surface area contributed by atoms with Gasteiger partial charge in [0.2, 0.25) is 0 Å². The Morgan fingerprint density at radius 1 is 0.900 bits per heavy atom. The maximum Gasteiger partial charge on any atom is 0.469 e. The summed E-state index contributed by atoms with van der Waals surface area (Å²) in [6.45, 7) is 0. The standard InChI is InChI=1S/C2ClF5.CH3Cl/c3-1(4,5)2(6,7)8;1-2/h;1H3. The van der Waals surface area contributed by atoms with Gasteiger partial charge in [0.15, 0.2) is 0 Å². The SMILES string of the molecule is CCl.FC(F)(F)C(F)(F)Cl. The number of hydrogen-bond donors (Lipinski definition) is 0. The summed E-state index contributed by atoms with van der Waals surface area (Å²) in [7, 11) is 0. The molecule has 64 valence electrons. The van der Waals surface area contributed by atoms with Crippen LogP contribution in [0.3, 0.4) is 0 Å². The zero-order valence-corrected chi connectivity index (χ0v) is 6.16. The third-order valence-corrected chi connectivity index (χ3v) is 0.536. The summed E-state index contributed by atoms with van der Waals surface area (Å²) in [6.07, 6.45) is -4.16. The van der Waals surface area contributed by atoms with Gasteiger partial charge in [-0.3, -0.25) is 0 Å². The molecule has 0 unspecified atom stereocenters. The van der Waals surface area contributed by atoms with Gasteiger partial charge in [-0.15, -0.1) is 11.6 Å². The molecule has 0 spiro atoms. The normalized spacial score (nSPS) is 12.0. The van der Waals surface area contributed by atoms with Gasteiger partial charge in [-0.05, 0) is 11.6 Å². The second-order valence-electron chi connectivity index (χ2n) is 0.996. The smallest absolute Gasteiger partial charge is 0.177 e. The van der Waals surface area contributed by atoms with E-state index in [1.165, 1.54) is 6.38 Å². The van der Waals surface area contributed by atoms with Crippen molar-refractivity contribution in [3.63, 3.8) is 0 Å². The largest absolute Gasteiger partial charge is 0.469 e. The Morgan fingerprint density at radius 2 is 1.00 bits per heavy atom. The first-order valence-corrected chi connectivity index (χ1v) is 2.90. The van der Waals surface area contributed by atoms with E-state index in [9.17, 15) is 22.0 Å². The van der Waals surface area contributed by atoms with Crippen molar-refractivity contribution in [2.45, 2.75) is 11.6 Å². The molecule has 0 rings (SSSR count). The Bertz CT molecular complexity index is 69.9. The highest BCUT2D eigenvalue weighted by Crippen LogP contribution is 2.38. The van der Waals surface area contributed by atoms with E-state index in [1.807, 2.05) is 0 Å². The Balaban J connectivity index is 0. The van der Waals surface area contributed by atoms with Crippen LogP contribution in [0.15, 0.2) is 0 Å². The van der Waals surface area contributed by atoms with E-state index >= 15 is 0 Å². The molecule has 0 saturated heterocycles. The molecule has 10 heavy (non-hydrogen) atoms. The van der Waals surface area contributed by atoms with Crippen LogP contribution in [-0.4, -0.2) is 17.9 Å². The monoisotopic (exact) mass is 204 g/mol. The van der Waals surface area contributed by atoms with Crippen molar-refractivity contribution in [3.05, 3.63) is 0 Å². The molecule has 0 saturated carbocycles. The minimum absolute atomic E-state index is 1.47. The van der Waals surface area contributed by atoms with Gasteiger partial charge in [0.25, 0.3) is 0 Å². The van der Waals surface area contributed by atoms with E-state index in [-0.39, 0.29) is 0 Å². The van der Waals surface area contributed by atoms with Crippen molar-refractivity contribution >= 4 is 23.2 Å². The summed E-state index contributed by atoms with van der Waals surface area (Å²) in [4.78, 5) is 0. The van der Waals surface area contributed by atoms with Crippen molar-refractivity contribution in [1.82, 2.24) is 0 Å². The van der Waals surface area contributed by atoms with Crippen molar-refractivity contribution in [1.29, 1.82) is 0 Å². The molecule has 0 aliphatic heterocycles. The van der Waals surface area contributed by atoms with Crippen molar-refractivity contribution in [2.24, 2.45) is 0 Å². The lowest BCUT2D eigenvalue weighted by Crippen LogP contribution is -2.29. The van der Waals surface area contributed by atoms with Crippen molar-refractivity contribution < 1.29 is 22.0 Å². The van der Waals surface area contributed by atoms with Gasteiger partial charge in [0.05, 0.1) is 0 Å². The fraction of sp³-hybridized carbons (Fsp3) is 1.00. The van der Waals surface area contributed by atoms with Gasteiger partial charge in [0.1, 0.15) is 0 Å². The second kappa shape index (κ2) is 4.18. The summed E-state index contributed by atoms with van der Waals surface area (Å²) >= 11 is 8.19. The van der Waals surface area contributed by atoms with Gasteiger partial charge in [-0.2, -0.15) is 22.0 Å². The molecule has 0 aromatic carbocycles. The van der Waals surface area contributed by atoms with Crippen LogP contribution in [0.4, 0.5) is 22.0 Å². The molecular formula is C3H3Cl2F5. The van der Waals surface area contributed by atoms with Crippen LogP contribution in [0.2, 0.25) is 0 Å². The topological polar surface area (TPSA) is 0 Å². The van der Waals surface area contributed by atoms with Crippen LogP contribution in [0.5, 0.6) is 0 Å². The predicted molar refractivity (Wildman–Crippen MR) is 28.6 cm³/mol. The van der Waals surface area contributed by atoms with E-state index < -0.39 is 11.6 Å². The zero-order valence-electron chi connectivity index (χ0n) is 4.65. The van der Waals surface area contributed by atoms with Crippen LogP contribution in [0.25, 0.3) is 0 Å². The first kappa shape index (κ1) is 12.9. The molecule has 7 heteroatoms. The molecule has 0 radical (unpaired) electrons. The number of rotatable bonds is 0. The minimum atomic E-state index is -5.63. The predicted octanol–water partition coefficient (Wildman–Crippen LogP) is 3.24. The van der Waals surface area contributed by atoms with Gasteiger partial charge >= 0.3 is 11.6 Å². The highest BCUT2D eigenvalue weighted by atomic mass is 35.5. The lowest BCUT2D eigenvalue weighted by atomic mass is 10.7. The number of alkyl halides is 7. The molecule has 0 atom stereocenters. The van der Waals surface area contributed by atoms with E-state index in [4.69, 9.17) is 0 Å². The minimum Gasteiger partial charge on any atom is -0.177 e. The maximum atomic E-state index is 10.9. The summed E-state index contributed by atoms with van der Waals surface area (Å²) < 4.78 is 53.8. The van der Waals surface area contributed by atoms with Crippen molar-refractivity contribution in [2.75, 3.05) is 6.38 Å². The Morgan fingerprint density at radius 3 is 1.00 bits per heavy atom. The Labute approximate surface area is 63.9 Å². The summed E-state index contributed by atoms with van der Waals surface area (Å²) in [5.74, 6) is 0. The third-order valence-electron chi connectivity index (χ3n) is 0.321. The molecule has 0 aliphatic rings. The van der Waals surface area contributed by atoms with Crippen LogP contribution >= 0.6 is 23.2 Å². The molecule has 0 heterocycles. The zero-order chi connectivity index (χ0) is 9.00. The molecule has 0 aliphatic carbocycles.